The van der Waals surface area contributed by atoms with E-state index < -0.39 is 0 Å². The number of aromatic nitrogens is 2. The molecular weight excluding hydrogens is 328 g/mol. The number of hydrogen-bond acceptors (Lipinski definition) is 5. The summed E-state index contributed by atoms with van der Waals surface area (Å²) >= 11 is 0. The summed E-state index contributed by atoms with van der Waals surface area (Å²) < 4.78 is 5.57. The van der Waals surface area contributed by atoms with E-state index in [1.807, 2.05) is 6.92 Å². The number of nitrogens with zero attached hydrogens (tertiary/aromatic N) is 3. The van der Waals surface area contributed by atoms with Gasteiger partial charge < -0.3 is 14.8 Å². The second-order valence-corrected chi connectivity index (χ2v) is 7.04. The van der Waals surface area contributed by atoms with E-state index in [1.165, 1.54) is 37.1 Å². The molecule has 0 atom stereocenters. The molecule has 0 radical (unpaired) electrons. The minimum atomic E-state index is 0.139. The minimum absolute atomic E-state index is 0.139. The molecule has 6 heteroatoms. The number of H-pyrrole nitrogens is 1. The first-order valence-electron chi connectivity index (χ1n) is 9.40. The summed E-state index contributed by atoms with van der Waals surface area (Å²) in [5.41, 5.74) is 4.59. The summed E-state index contributed by atoms with van der Waals surface area (Å²) in [7, 11) is 1.74. The molecule has 0 amide bonds. The molecule has 1 fully saturated rings. The van der Waals surface area contributed by atoms with E-state index in [9.17, 15) is 5.11 Å². The Labute approximate surface area is 155 Å². The molecule has 142 valence electrons. The van der Waals surface area contributed by atoms with Crippen LogP contribution in [-0.4, -0.2) is 58.2 Å². The topological polar surface area (TPSA) is 64.6 Å². The monoisotopic (exact) mass is 358 g/mol. The fourth-order valence-corrected chi connectivity index (χ4v) is 3.61. The number of aliphatic hydroxyl groups is 1. The van der Waals surface area contributed by atoms with Gasteiger partial charge in [0.1, 0.15) is 5.75 Å². The van der Waals surface area contributed by atoms with E-state index in [0.717, 1.165) is 36.8 Å². The van der Waals surface area contributed by atoms with Crippen LogP contribution in [-0.2, 0) is 19.6 Å². The van der Waals surface area contributed by atoms with Gasteiger partial charge in [0, 0.05) is 37.4 Å². The Bertz CT molecular complexity index is 695. The third kappa shape index (κ3) is 4.84. The van der Waals surface area contributed by atoms with Gasteiger partial charge in [-0.2, -0.15) is 0 Å². The van der Waals surface area contributed by atoms with Crippen molar-refractivity contribution in [2.45, 2.75) is 39.4 Å². The molecular formula is C20H30N4O2. The van der Waals surface area contributed by atoms with E-state index in [4.69, 9.17) is 4.74 Å². The molecule has 0 bridgehead atoms. The number of aromatic amines is 1. The maximum Gasteiger partial charge on any atom is 0.123 e. The molecule has 0 unspecified atom stereocenters. The number of nitrogens with one attached hydrogen (secondary N) is 1. The predicted molar refractivity (Wildman–Crippen MR) is 102 cm³/mol. The first kappa shape index (κ1) is 18.9. The highest BCUT2D eigenvalue weighted by Crippen LogP contribution is 2.24. The molecule has 0 spiro atoms. The van der Waals surface area contributed by atoms with E-state index in [-0.39, 0.29) is 6.61 Å². The van der Waals surface area contributed by atoms with E-state index in [0.29, 0.717) is 6.54 Å². The molecule has 0 aliphatic carbocycles. The highest BCUT2D eigenvalue weighted by molar-refractivity contribution is 5.37. The first-order valence-corrected chi connectivity index (χ1v) is 9.40. The van der Waals surface area contributed by atoms with Crippen molar-refractivity contribution in [2.24, 2.45) is 0 Å². The number of hydrogen-bond donors (Lipinski definition) is 2. The molecule has 3 rings (SSSR count). The Morgan fingerprint density at radius 2 is 2.08 bits per heavy atom. The largest absolute Gasteiger partial charge is 0.496 e. The fraction of sp³-hybridized carbons (Fsp3) is 0.550. The van der Waals surface area contributed by atoms with Gasteiger partial charge in [0.2, 0.25) is 0 Å². The molecule has 1 aliphatic rings. The maximum atomic E-state index is 9.44. The van der Waals surface area contributed by atoms with Gasteiger partial charge in [-0.25, -0.2) is 4.98 Å². The van der Waals surface area contributed by atoms with Gasteiger partial charge in [0.25, 0.3) is 0 Å². The summed E-state index contributed by atoms with van der Waals surface area (Å²) in [4.78, 5) is 12.2. The van der Waals surface area contributed by atoms with Crippen LogP contribution < -0.4 is 4.74 Å². The Kier molecular flexibility index (Phi) is 6.66. The summed E-state index contributed by atoms with van der Waals surface area (Å²) in [6, 6.07) is 6.44. The van der Waals surface area contributed by atoms with Gasteiger partial charge in [0.05, 0.1) is 25.7 Å². The van der Waals surface area contributed by atoms with Crippen LogP contribution >= 0.6 is 0 Å². The third-order valence-electron chi connectivity index (χ3n) is 5.07. The summed E-state index contributed by atoms with van der Waals surface area (Å²) in [5.74, 6) is 0.956. The van der Waals surface area contributed by atoms with Crippen LogP contribution in [0.15, 0.2) is 24.5 Å². The van der Waals surface area contributed by atoms with Crippen molar-refractivity contribution in [1.82, 2.24) is 19.8 Å². The van der Waals surface area contributed by atoms with Crippen LogP contribution in [0, 0.1) is 6.92 Å². The zero-order chi connectivity index (χ0) is 18.4. The lowest BCUT2D eigenvalue weighted by atomic mass is 10.1. The number of ether oxygens (including phenoxy) is 1. The maximum absolute atomic E-state index is 9.44. The van der Waals surface area contributed by atoms with Crippen molar-refractivity contribution in [3.8, 4) is 5.75 Å². The summed E-state index contributed by atoms with van der Waals surface area (Å²) in [5, 5.41) is 9.44. The van der Waals surface area contributed by atoms with Gasteiger partial charge in [-0.15, -0.1) is 0 Å². The second-order valence-electron chi connectivity index (χ2n) is 7.04. The van der Waals surface area contributed by atoms with Crippen LogP contribution in [0.1, 0.15) is 35.4 Å². The number of imidazole rings is 1. The van der Waals surface area contributed by atoms with Crippen LogP contribution in [0.3, 0.4) is 0 Å². The van der Waals surface area contributed by atoms with Gasteiger partial charge >= 0.3 is 0 Å². The van der Waals surface area contributed by atoms with Gasteiger partial charge in [0.15, 0.2) is 0 Å². The molecule has 2 heterocycles. The van der Waals surface area contributed by atoms with Gasteiger partial charge in [-0.3, -0.25) is 9.80 Å². The Morgan fingerprint density at radius 3 is 2.73 bits per heavy atom. The normalized spacial score (nSPS) is 15.1. The lowest BCUT2D eigenvalue weighted by Crippen LogP contribution is -2.26. The van der Waals surface area contributed by atoms with Crippen LogP contribution in [0.25, 0.3) is 0 Å². The molecule has 1 aromatic heterocycles. The smallest absolute Gasteiger partial charge is 0.123 e. The number of aryl methyl sites for hydroxylation is 1. The van der Waals surface area contributed by atoms with E-state index in [2.05, 4.69) is 38.0 Å². The molecule has 0 saturated carbocycles. The van der Waals surface area contributed by atoms with Crippen molar-refractivity contribution in [2.75, 3.05) is 33.4 Å². The first-order chi connectivity index (χ1) is 12.7. The number of aliphatic hydroxyl groups excluding tert-OH is 1. The number of methoxy groups -OCH3 is 1. The zero-order valence-electron chi connectivity index (χ0n) is 15.9. The van der Waals surface area contributed by atoms with Gasteiger partial charge in [-0.1, -0.05) is 6.07 Å². The standard InChI is InChI=1S/C20H30N4O2/c1-16-19(22-15-21-16)14-24(9-10-25)12-17-5-6-20(26-2)18(11-17)13-23-7-3-4-8-23/h5-6,11,15,25H,3-4,7-10,12-14H2,1-2H3,(H,21,22). The zero-order valence-corrected chi connectivity index (χ0v) is 15.9. The SMILES string of the molecule is COc1ccc(CN(CCO)Cc2nc[nH]c2C)cc1CN1CCCC1. The van der Waals surface area contributed by atoms with Gasteiger partial charge in [-0.05, 0) is 50.6 Å². The van der Waals surface area contributed by atoms with Crippen molar-refractivity contribution >= 4 is 0 Å². The second kappa shape index (κ2) is 9.16. The minimum Gasteiger partial charge on any atom is -0.496 e. The Morgan fingerprint density at radius 1 is 1.27 bits per heavy atom. The molecule has 2 aromatic rings. The molecule has 26 heavy (non-hydrogen) atoms. The molecule has 1 saturated heterocycles. The van der Waals surface area contributed by atoms with E-state index >= 15 is 0 Å². The van der Waals surface area contributed by atoms with Crippen molar-refractivity contribution < 1.29 is 9.84 Å². The molecule has 2 N–H and O–H groups in total. The van der Waals surface area contributed by atoms with E-state index in [1.54, 1.807) is 13.4 Å². The van der Waals surface area contributed by atoms with Crippen molar-refractivity contribution in [3.63, 3.8) is 0 Å². The molecule has 1 aromatic carbocycles. The highest BCUT2D eigenvalue weighted by Gasteiger charge is 2.16. The fourth-order valence-electron chi connectivity index (χ4n) is 3.61. The molecule has 1 aliphatic heterocycles. The number of benzene rings is 1. The molecule has 6 nitrogen and oxygen atoms in total. The predicted octanol–water partition coefficient (Wildman–Crippen LogP) is 2.32. The summed E-state index contributed by atoms with van der Waals surface area (Å²) in [6.07, 6.45) is 4.30. The quantitative estimate of drug-likeness (QED) is 0.720. The van der Waals surface area contributed by atoms with Crippen LogP contribution in [0.2, 0.25) is 0 Å². The third-order valence-corrected chi connectivity index (χ3v) is 5.07. The van der Waals surface area contributed by atoms with Crippen LogP contribution in [0.5, 0.6) is 5.75 Å². The van der Waals surface area contributed by atoms with Crippen molar-refractivity contribution in [3.05, 3.63) is 47.0 Å². The lowest BCUT2D eigenvalue weighted by Gasteiger charge is -2.22. The average Bonchev–Trinajstić information content (AvgIpc) is 3.28. The van der Waals surface area contributed by atoms with Crippen LogP contribution in [0.4, 0.5) is 0 Å². The number of likely N-dealkylation sites (tertiary alicyclic amines) is 1. The Hall–Kier alpha value is -1.89. The number of rotatable bonds is 9. The highest BCUT2D eigenvalue weighted by atomic mass is 16.5. The average molecular weight is 358 g/mol. The van der Waals surface area contributed by atoms with Crippen molar-refractivity contribution in [1.29, 1.82) is 0 Å². The Balaban J connectivity index is 1.72. The lowest BCUT2D eigenvalue weighted by molar-refractivity contribution is 0.182. The summed E-state index contributed by atoms with van der Waals surface area (Å²) in [6.45, 7) is 7.58.